The summed E-state index contributed by atoms with van der Waals surface area (Å²) < 4.78 is 5.03. The van der Waals surface area contributed by atoms with Crippen LogP contribution in [0.4, 0.5) is 0 Å². The monoisotopic (exact) mass is 589 g/mol. The van der Waals surface area contributed by atoms with Crippen LogP contribution in [0.1, 0.15) is 61.3 Å². The minimum absolute atomic E-state index is 0.0269. The first kappa shape index (κ1) is 31.4. The minimum atomic E-state index is -1.05. The Morgan fingerprint density at radius 2 is 1.79 bits per heavy atom. The van der Waals surface area contributed by atoms with Gasteiger partial charge in [0, 0.05) is 24.9 Å². The molecule has 1 aliphatic heterocycles. The average Bonchev–Trinajstić information content (AvgIpc) is 3.43. The molecule has 1 fully saturated rings. The summed E-state index contributed by atoms with van der Waals surface area (Å²) in [6, 6.07) is 12.1. The lowest BCUT2D eigenvalue weighted by molar-refractivity contribution is -0.132. The molecule has 4 amide bonds. The fourth-order valence-corrected chi connectivity index (χ4v) is 5.38. The third kappa shape index (κ3) is 8.50. The van der Waals surface area contributed by atoms with Gasteiger partial charge in [0.05, 0.1) is 6.04 Å². The molecule has 3 aromatic rings. The van der Waals surface area contributed by atoms with Crippen molar-refractivity contribution in [3.8, 4) is 0 Å². The van der Waals surface area contributed by atoms with Crippen molar-refractivity contribution in [2.45, 2.75) is 71.0 Å². The molecule has 1 aliphatic rings. The molecule has 43 heavy (non-hydrogen) atoms. The zero-order chi connectivity index (χ0) is 30.9. The molecule has 228 valence electrons. The Hall–Kier alpha value is -4.54. The van der Waals surface area contributed by atoms with Gasteiger partial charge in [-0.1, -0.05) is 61.5 Å². The minimum Gasteiger partial charge on any atom is -0.361 e. The van der Waals surface area contributed by atoms with Crippen molar-refractivity contribution in [2.24, 2.45) is 11.8 Å². The quantitative estimate of drug-likeness (QED) is 0.223. The predicted molar refractivity (Wildman–Crippen MR) is 160 cm³/mol. The number of nitrogens with zero attached hydrogens (tertiary/aromatic N) is 1. The Bertz CT molecular complexity index is 1460. The van der Waals surface area contributed by atoms with Crippen LogP contribution in [0.25, 0.3) is 10.8 Å². The summed E-state index contributed by atoms with van der Waals surface area (Å²) in [6.07, 6.45) is 2.69. The van der Waals surface area contributed by atoms with Gasteiger partial charge in [-0.25, -0.2) is 0 Å². The number of nitrogens with one attached hydrogen (secondary N) is 4. The van der Waals surface area contributed by atoms with Gasteiger partial charge >= 0.3 is 0 Å². The Labute approximate surface area is 250 Å². The Kier molecular flexibility index (Phi) is 10.6. The number of hydrogen-bond acceptors (Lipinski definition) is 7. The number of aromatic nitrogens is 1. The molecule has 0 aliphatic carbocycles. The highest BCUT2D eigenvalue weighted by Crippen LogP contribution is 2.21. The molecule has 11 nitrogen and oxygen atoms in total. The molecule has 4 atom stereocenters. The molecule has 0 bridgehead atoms. The molecule has 0 spiro atoms. The zero-order valence-electron chi connectivity index (χ0n) is 24.7. The maximum absolute atomic E-state index is 13.8. The Balaban J connectivity index is 1.54. The second-order valence-electron chi connectivity index (χ2n) is 11.5. The second kappa shape index (κ2) is 14.6. The number of fused-ring (bicyclic) bond motifs is 1. The van der Waals surface area contributed by atoms with Crippen molar-refractivity contribution < 1.29 is 28.5 Å². The van der Waals surface area contributed by atoms with E-state index in [1.165, 1.54) is 6.07 Å². The van der Waals surface area contributed by atoms with Crippen LogP contribution in [-0.4, -0.2) is 59.7 Å². The van der Waals surface area contributed by atoms with Crippen LogP contribution >= 0.6 is 0 Å². The molecule has 0 saturated carbocycles. The smallest absolute Gasteiger partial charge is 0.274 e. The number of aldehydes is 1. The summed E-state index contributed by atoms with van der Waals surface area (Å²) in [5, 5.41) is 16.8. The van der Waals surface area contributed by atoms with E-state index < -0.39 is 35.8 Å². The summed E-state index contributed by atoms with van der Waals surface area (Å²) in [6.45, 7) is 6.09. The predicted octanol–water partition coefficient (Wildman–Crippen LogP) is 2.61. The largest absolute Gasteiger partial charge is 0.361 e. The van der Waals surface area contributed by atoms with E-state index in [0.717, 1.165) is 22.8 Å². The first-order chi connectivity index (χ1) is 20.6. The maximum Gasteiger partial charge on any atom is 0.274 e. The van der Waals surface area contributed by atoms with Crippen LogP contribution in [0.15, 0.2) is 53.1 Å². The number of hydrogen-bond donors (Lipinski definition) is 4. The fourth-order valence-electron chi connectivity index (χ4n) is 5.38. The van der Waals surface area contributed by atoms with Crippen LogP contribution < -0.4 is 21.3 Å². The van der Waals surface area contributed by atoms with Gasteiger partial charge < -0.3 is 30.6 Å². The lowest BCUT2D eigenvalue weighted by atomic mass is 9.91. The van der Waals surface area contributed by atoms with E-state index in [-0.39, 0.29) is 36.3 Å². The van der Waals surface area contributed by atoms with Crippen LogP contribution in [0.2, 0.25) is 0 Å². The number of carbonyl (C=O) groups is 5. The van der Waals surface area contributed by atoms with Gasteiger partial charge in [-0.2, -0.15) is 0 Å². The first-order valence-electron chi connectivity index (χ1n) is 14.7. The van der Waals surface area contributed by atoms with E-state index in [4.69, 9.17) is 4.52 Å². The van der Waals surface area contributed by atoms with Gasteiger partial charge in [-0.05, 0) is 54.9 Å². The normalized spacial score (nSPS) is 17.0. The van der Waals surface area contributed by atoms with E-state index in [0.29, 0.717) is 31.4 Å². The van der Waals surface area contributed by atoms with E-state index >= 15 is 0 Å². The zero-order valence-corrected chi connectivity index (χ0v) is 24.7. The standard InChI is InChI=1S/C32H39N5O6/c1-19(2)14-26(30(40)34-24(18-38)16-23-11-7-13-33-29(23)39)35-31(41)27(36-32(42)28-15-20(3)43-37-28)17-22-10-6-9-21-8-4-5-12-25(21)22/h4-6,8-10,12,15,18-19,23-24,26-27H,7,11,13-14,16-17H2,1-3H3,(H,33,39)(H,34,40)(H,35,41)(H,36,42)/t23-,24-,26-,27?/m0/s1. The average molecular weight is 590 g/mol. The topological polar surface area (TPSA) is 160 Å². The maximum atomic E-state index is 13.8. The van der Waals surface area contributed by atoms with Crippen molar-refractivity contribution in [3.63, 3.8) is 0 Å². The summed E-state index contributed by atoms with van der Waals surface area (Å²) >= 11 is 0. The summed E-state index contributed by atoms with van der Waals surface area (Å²) in [4.78, 5) is 64.4. The summed E-state index contributed by atoms with van der Waals surface area (Å²) in [5.41, 5.74) is 0.872. The molecule has 1 unspecified atom stereocenters. The first-order valence-corrected chi connectivity index (χ1v) is 14.7. The molecule has 11 heteroatoms. The van der Waals surface area contributed by atoms with E-state index in [9.17, 15) is 24.0 Å². The second-order valence-corrected chi connectivity index (χ2v) is 11.5. The van der Waals surface area contributed by atoms with Crippen molar-refractivity contribution in [3.05, 3.63) is 65.5 Å². The highest BCUT2D eigenvalue weighted by molar-refractivity contribution is 5.98. The Morgan fingerprint density at radius 1 is 1.05 bits per heavy atom. The SMILES string of the molecule is Cc1cc(C(=O)NC(Cc2cccc3ccccc23)C(=O)N[C@@H](CC(C)C)C(=O)N[C@H](C=O)C[C@@H]2CCCNC2=O)no1. The number of carbonyl (C=O) groups excluding carboxylic acids is 5. The molecule has 4 rings (SSSR count). The van der Waals surface area contributed by atoms with Gasteiger partial charge in [0.25, 0.3) is 5.91 Å². The van der Waals surface area contributed by atoms with E-state index in [2.05, 4.69) is 26.4 Å². The highest BCUT2D eigenvalue weighted by Gasteiger charge is 2.31. The van der Waals surface area contributed by atoms with Gasteiger partial charge in [0.15, 0.2) is 5.69 Å². The van der Waals surface area contributed by atoms with Crippen LogP contribution in [-0.2, 0) is 25.6 Å². The van der Waals surface area contributed by atoms with Gasteiger partial charge in [0.2, 0.25) is 17.7 Å². The lowest BCUT2D eigenvalue weighted by Gasteiger charge is -2.27. The van der Waals surface area contributed by atoms with Crippen molar-refractivity contribution >= 4 is 40.7 Å². The number of aryl methyl sites for hydroxylation is 1. The highest BCUT2D eigenvalue weighted by atomic mass is 16.5. The molecule has 2 aromatic carbocycles. The molecular formula is C32H39N5O6. The van der Waals surface area contributed by atoms with Crippen molar-refractivity contribution in [2.75, 3.05) is 6.54 Å². The number of amides is 4. The number of benzene rings is 2. The third-order valence-electron chi connectivity index (χ3n) is 7.56. The van der Waals surface area contributed by atoms with Crippen LogP contribution in [0.5, 0.6) is 0 Å². The molecule has 0 radical (unpaired) electrons. The van der Waals surface area contributed by atoms with Crippen LogP contribution in [0.3, 0.4) is 0 Å². The number of piperidine rings is 1. The fraction of sp³-hybridized carbons (Fsp3) is 0.438. The molecule has 4 N–H and O–H groups in total. The molecule has 2 heterocycles. The summed E-state index contributed by atoms with van der Waals surface area (Å²) in [5.74, 6) is -1.71. The number of rotatable bonds is 13. The third-order valence-corrected chi connectivity index (χ3v) is 7.56. The molecular weight excluding hydrogens is 550 g/mol. The van der Waals surface area contributed by atoms with Gasteiger partial charge in [0.1, 0.15) is 24.1 Å². The van der Waals surface area contributed by atoms with Gasteiger partial charge in [-0.15, -0.1) is 0 Å². The van der Waals surface area contributed by atoms with E-state index in [1.807, 2.05) is 56.3 Å². The Morgan fingerprint density at radius 3 is 2.49 bits per heavy atom. The van der Waals surface area contributed by atoms with Gasteiger partial charge in [-0.3, -0.25) is 19.2 Å². The van der Waals surface area contributed by atoms with Crippen LogP contribution in [0, 0.1) is 18.8 Å². The van der Waals surface area contributed by atoms with E-state index in [1.54, 1.807) is 6.92 Å². The lowest BCUT2D eigenvalue weighted by Crippen LogP contribution is -2.56. The van der Waals surface area contributed by atoms with Crippen molar-refractivity contribution in [1.82, 2.24) is 26.4 Å². The molecule has 1 saturated heterocycles. The molecule has 1 aromatic heterocycles. The summed E-state index contributed by atoms with van der Waals surface area (Å²) in [7, 11) is 0. The van der Waals surface area contributed by atoms with Crippen molar-refractivity contribution in [1.29, 1.82) is 0 Å².